The summed E-state index contributed by atoms with van der Waals surface area (Å²) in [7, 11) is 1.88. The van der Waals surface area contributed by atoms with E-state index in [4.69, 9.17) is 11.5 Å². The van der Waals surface area contributed by atoms with Gasteiger partial charge in [-0.05, 0) is 55.7 Å². The number of nitrogens with two attached hydrogens (primary N) is 2. The van der Waals surface area contributed by atoms with Crippen LogP contribution in [-0.2, 0) is 0 Å². The Kier molecular flexibility index (Phi) is 3.92. The minimum atomic E-state index is 0.316. The summed E-state index contributed by atoms with van der Waals surface area (Å²) in [5.74, 6) is 2.40. The quantitative estimate of drug-likeness (QED) is 0.806. The van der Waals surface area contributed by atoms with Gasteiger partial charge in [-0.15, -0.1) is 0 Å². The summed E-state index contributed by atoms with van der Waals surface area (Å²) >= 11 is 0. The topological polar surface area (TPSA) is 89.8 Å². The molecule has 1 heterocycles. The van der Waals surface area contributed by atoms with Crippen molar-refractivity contribution in [3.05, 3.63) is 23.8 Å². The zero-order chi connectivity index (χ0) is 14.8. The minimum absolute atomic E-state index is 0.316. The molecule has 1 saturated carbocycles. The molecule has 0 aliphatic heterocycles. The molecule has 21 heavy (non-hydrogen) atoms. The van der Waals surface area contributed by atoms with Crippen molar-refractivity contribution in [2.75, 3.05) is 24.6 Å². The monoisotopic (exact) mass is 285 g/mol. The summed E-state index contributed by atoms with van der Waals surface area (Å²) < 4.78 is 0. The maximum absolute atomic E-state index is 5.80. The number of rotatable bonds is 3. The molecule has 1 aliphatic rings. The average Bonchev–Trinajstić information content (AvgIpc) is 2.53. The molecule has 112 valence electrons. The van der Waals surface area contributed by atoms with Crippen molar-refractivity contribution >= 4 is 22.7 Å². The van der Waals surface area contributed by atoms with Crippen LogP contribution in [0.25, 0.3) is 10.9 Å². The number of hydrogen-bond acceptors (Lipinski definition) is 5. The first kappa shape index (κ1) is 14.1. The van der Waals surface area contributed by atoms with E-state index in [1.54, 1.807) is 0 Å². The van der Waals surface area contributed by atoms with Crippen LogP contribution in [0.5, 0.6) is 0 Å². The second-order valence-corrected chi connectivity index (χ2v) is 5.88. The van der Waals surface area contributed by atoms with Gasteiger partial charge in [0.25, 0.3) is 0 Å². The Morgan fingerprint density at radius 2 is 1.95 bits per heavy atom. The first-order chi connectivity index (χ1) is 10.2. The Morgan fingerprint density at radius 3 is 2.62 bits per heavy atom. The highest BCUT2D eigenvalue weighted by molar-refractivity contribution is 5.93. The van der Waals surface area contributed by atoms with E-state index in [2.05, 4.69) is 27.4 Å². The fourth-order valence-electron chi connectivity index (χ4n) is 3.46. The predicted octanol–water partition coefficient (Wildman–Crippen LogP) is 2.49. The summed E-state index contributed by atoms with van der Waals surface area (Å²) in [5.41, 5.74) is 13.8. The number of fused-ring (bicyclic) bond motifs is 1. The number of aromatic nitrogens is 2. The van der Waals surface area contributed by atoms with Crippen LogP contribution in [0.1, 0.15) is 37.2 Å². The highest BCUT2D eigenvalue weighted by Gasteiger charge is 2.24. The lowest BCUT2D eigenvalue weighted by Gasteiger charge is -2.29. The van der Waals surface area contributed by atoms with Crippen molar-refractivity contribution in [2.45, 2.75) is 31.6 Å². The van der Waals surface area contributed by atoms with Crippen LogP contribution in [-0.4, -0.2) is 23.6 Å². The van der Waals surface area contributed by atoms with Crippen molar-refractivity contribution in [1.29, 1.82) is 0 Å². The van der Waals surface area contributed by atoms with E-state index in [0.29, 0.717) is 17.8 Å². The fourth-order valence-corrected chi connectivity index (χ4v) is 3.46. The molecule has 0 bridgehead atoms. The number of hydrogen-bond donors (Lipinski definition) is 3. The van der Waals surface area contributed by atoms with Gasteiger partial charge in [-0.2, -0.15) is 4.98 Å². The molecular formula is C16H23N5. The van der Waals surface area contributed by atoms with Gasteiger partial charge in [-0.25, -0.2) is 4.98 Å². The molecule has 0 amide bonds. The predicted molar refractivity (Wildman–Crippen MR) is 87.3 cm³/mol. The molecule has 0 spiro atoms. The van der Waals surface area contributed by atoms with Crippen molar-refractivity contribution in [1.82, 2.24) is 9.97 Å². The Balaban J connectivity index is 2.03. The van der Waals surface area contributed by atoms with E-state index < -0.39 is 0 Å². The third kappa shape index (κ3) is 2.65. The number of nitrogens with zero attached hydrogens (tertiary/aromatic N) is 2. The molecule has 0 saturated heterocycles. The van der Waals surface area contributed by atoms with Gasteiger partial charge in [0.05, 0.1) is 5.52 Å². The lowest BCUT2D eigenvalue weighted by molar-refractivity contribution is 0.334. The summed E-state index contributed by atoms with van der Waals surface area (Å²) in [4.78, 5) is 8.72. The Labute approximate surface area is 125 Å². The molecule has 5 nitrogen and oxygen atoms in total. The summed E-state index contributed by atoms with van der Waals surface area (Å²) in [6.07, 6.45) is 4.80. The Bertz CT molecular complexity index is 632. The molecule has 1 aromatic carbocycles. The van der Waals surface area contributed by atoms with Gasteiger partial charge >= 0.3 is 0 Å². The third-order valence-corrected chi connectivity index (χ3v) is 4.63. The molecule has 2 aromatic rings. The van der Waals surface area contributed by atoms with Crippen LogP contribution >= 0.6 is 0 Å². The van der Waals surface area contributed by atoms with Crippen LogP contribution in [0.3, 0.4) is 0 Å². The fraction of sp³-hybridized carbons (Fsp3) is 0.500. The van der Waals surface area contributed by atoms with Crippen LogP contribution < -0.4 is 16.8 Å². The molecular weight excluding hydrogens is 262 g/mol. The number of nitrogens with one attached hydrogen (secondary N) is 1. The van der Waals surface area contributed by atoms with E-state index >= 15 is 0 Å². The van der Waals surface area contributed by atoms with Crippen LogP contribution in [0.4, 0.5) is 11.8 Å². The minimum Gasteiger partial charge on any atom is -0.372 e. The number of anilines is 2. The second-order valence-electron chi connectivity index (χ2n) is 5.88. The standard InChI is InChI=1S/C16H23N5/c1-19-15-14-12(11-7-5-10(9-17)6-8-11)3-2-4-13(14)20-16(18)21-15/h2-4,10-11H,5-9,17H2,1H3,(H3,18,19,20,21). The highest BCUT2D eigenvalue weighted by atomic mass is 15.1. The van der Waals surface area contributed by atoms with Crippen molar-refractivity contribution in [3.8, 4) is 0 Å². The van der Waals surface area contributed by atoms with Crippen LogP contribution in [0.2, 0.25) is 0 Å². The Hall–Kier alpha value is -1.88. The largest absolute Gasteiger partial charge is 0.372 e. The highest BCUT2D eigenvalue weighted by Crippen LogP contribution is 2.39. The van der Waals surface area contributed by atoms with Gasteiger partial charge in [0, 0.05) is 12.4 Å². The Morgan fingerprint density at radius 1 is 1.19 bits per heavy atom. The molecule has 0 unspecified atom stereocenters. The van der Waals surface area contributed by atoms with Crippen molar-refractivity contribution in [2.24, 2.45) is 11.7 Å². The second kappa shape index (κ2) is 5.85. The summed E-state index contributed by atoms with van der Waals surface area (Å²) in [5, 5.41) is 4.28. The number of nitrogen functional groups attached to an aromatic ring is 1. The van der Waals surface area contributed by atoms with Gasteiger partial charge in [0.1, 0.15) is 5.82 Å². The van der Waals surface area contributed by atoms with Crippen molar-refractivity contribution in [3.63, 3.8) is 0 Å². The molecule has 1 aromatic heterocycles. The third-order valence-electron chi connectivity index (χ3n) is 4.63. The zero-order valence-corrected chi connectivity index (χ0v) is 12.5. The van der Waals surface area contributed by atoms with Gasteiger partial charge in [-0.1, -0.05) is 12.1 Å². The van der Waals surface area contributed by atoms with E-state index in [1.807, 2.05) is 13.1 Å². The summed E-state index contributed by atoms with van der Waals surface area (Å²) in [6, 6.07) is 6.28. The molecule has 3 rings (SSSR count). The van der Waals surface area contributed by atoms with E-state index in [9.17, 15) is 0 Å². The van der Waals surface area contributed by atoms with Crippen LogP contribution in [0.15, 0.2) is 18.2 Å². The molecule has 1 aliphatic carbocycles. The van der Waals surface area contributed by atoms with Crippen molar-refractivity contribution < 1.29 is 0 Å². The first-order valence-electron chi connectivity index (χ1n) is 7.67. The zero-order valence-electron chi connectivity index (χ0n) is 12.5. The maximum atomic E-state index is 5.80. The van der Waals surface area contributed by atoms with Crippen LogP contribution in [0, 0.1) is 5.92 Å². The average molecular weight is 285 g/mol. The first-order valence-corrected chi connectivity index (χ1v) is 7.67. The molecule has 5 N–H and O–H groups in total. The van der Waals surface area contributed by atoms with Gasteiger partial charge in [-0.3, -0.25) is 0 Å². The molecule has 5 heteroatoms. The maximum Gasteiger partial charge on any atom is 0.222 e. The van der Waals surface area contributed by atoms with Gasteiger partial charge in [0.15, 0.2) is 0 Å². The number of benzene rings is 1. The lowest BCUT2D eigenvalue weighted by atomic mass is 9.78. The van der Waals surface area contributed by atoms with E-state index in [0.717, 1.165) is 23.3 Å². The smallest absolute Gasteiger partial charge is 0.222 e. The molecule has 1 fully saturated rings. The molecule has 0 atom stereocenters. The van der Waals surface area contributed by atoms with E-state index in [1.165, 1.54) is 31.2 Å². The summed E-state index contributed by atoms with van der Waals surface area (Å²) in [6.45, 7) is 0.809. The van der Waals surface area contributed by atoms with Gasteiger partial charge in [0.2, 0.25) is 5.95 Å². The normalized spacial score (nSPS) is 22.4. The SMILES string of the molecule is CNc1nc(N)nc2cccc(C3CCC(CN)CC3)c12. The van der Waals surface area contributed by atoms with E-state index in [-0.39, 0.29) is 0 Å². The lowest BCUT2D eigenvalue weighted by Crippen LogP contribution is -2.20. The van der Waals surface area contributed by atoms with Gasteiger partial charge < -0.3 is 16.8 Å². The molecule has 0 radical (unpaired) electrons.